The summed E-state index contributed by atoms with van der Waals surface area (Å²) >= 11 is 1.87. The lowest BCUT2D eigenvalue weighted by atomic mass is 9.92. The molecule has 1 aliphatic rings. The summed E-state index contributed by atoms with van der Waals surface area (Å²) in [5.41, 5.74) is 0. The van der Waals surface area contributed by atoms with Crippen LogP contribution in [0.25, 0.3) is 0 Å². The van der Waals surface area contributed by atoms with Crippen LogP contribution in [-0.2, 0) is 0 Å². The van der Waals surface area contributed by atoms with E-state index in [4.69, 9.17) is 0 Å². The second-order valence-electron chi connectivity index (χ2n) is 4.82. The largest absolute Gasteiger partial charge is 0.355 e. The van der Waals surface area contributed by atoms with Gasteiger partial charge >= 0.3 is 0 Å². The predicted octanol–water partition coefficient (Wildman–Crippen LogP) is 1.90. The summed E-state index contributed by atoms with van der Waals surface area (Å²) in [6.45, 7) is 7.95. The first kappa shape index (κ1) is 13.7. The Kier molecular flexibility index (Phi) is 6.03. The van der Waals surface area contributed by atoms with Gasteiger partial charge in [-0.1, -0.05) is 13.8 Å². The SMILES string of the molecule is CN=C(NCCSC)N1CC(C)CC(C)C1. The van der Waals surface area contributed by atoms with Crippen molar-refractivity contribution >= 4 is 17.7 Å². The monoisotopic (exact) mass is 243 g/mol. The molecule has 1 fully saturated rings. The normalized spacial score (nSPS) is 27.0. The molecule has 1 aliphatic heterocycles. The van der Waals surface area contributed by atoms with Crippen LogP contribution in [0, 0.1) is 11.8 Å². The molecule has 0 amide bonds. The van der Waals surface area contributed by atoms with Crippen LogP contribution in [0.3, 0.4) is 0 Å². The molecule has 0 aliphatic carbocycles. The van der Waals surface area contributed by atoms with Gasteiger partial charge in [0.05, 0.1) is 0 Å². The third-order valence-corrected chi connectivity index (χ3v) is 3.58. The Morgan fingerprint density at radius 2 is 2.00 bits per heavy atom. The van der Waals surface area contributed by atoms with Gasteiger partial charge in [0.25, 0.3) is 0 Å². The average molecular weight is 243 g/mol. The summed E-state index contributed by atoms with van der Waals surface area (Å²) in [4.78, 5) is 6.78. The molecule has 1 N–H and O–H groups in total. The van der Waals surface area contributed by atoms with Crippen molar-refractivity contribution < 1.29 is 0 Å². The van der Waals surface area contributed by atoms with Gasteiger partial charge in [-0.05, 0) is 24.5 Å². The maximum Gasteiger partial charge on any atom is 0.193 e. The second-order valence-corrected chi connectivity index (χ2v) is 5.80. The van der Waals surface area contributed by atoms with Crippen molar-refractivity contribution in [3.63, 3.8) is 0 Å². The lowest BCUT2D eigenvalue weighted by Crippen LogP contribution is -2.48. The van der Waals surface area contributed by atoms with E-state index in [-0.39, 0.29) is 0 Å². The van der Waals surface area contributed by atoms with E-state index in [0.29, 0.717) is 0 Å². The van der Waals surface area contributed by atoms with Gasteiger partial charge in [-0.25, -0.2) is 0 Å². The molecule has 0 aromatic heterocycles. The number of guanidine groups is 1. The van der Waals surface area contributed by atoms with Crippen molar-refractivity contribution in [2.24, 2.45) is 16.8 Å². The van der Waals surface area contributed by atoms with Gasteiger partial charge in [-0.15, -0.1) is 0 Å². The molecule has 0 bridgehead atoms. The van der Waals surface area contributed by atoms with Crippen LogP contribution < -0.4 is 5.32 Å². The summed E-state index contributed by atoms with van der Waals surface area (Å²) < 4.78 is 0. The molecule has 16 heavy (non-hydrogen) atoms. The Balaban J connectivity index is 2.45. The fourth-order valence-electron chi connectivity index (χ4n) is 2.43. The van der Waals surface area contributed by atoms with Crippen molar-refractivity contribution in [2.75, 3.05) is 38.7 Å². The van der Waals surface area contributed by atoms with E-state index in [1.54, 1.807) is 0 Å². The number of nitrogens with one attached hydrogen (secondary N) is 1. The lowest BCUT2D eigenvalue weighted by Gasteiger charge is -2.37. The number of rotatable bonds is 3. The number of likely N-dealkylation sites (tertiary alicyclic amines) is 1. The number of hydrogen-bond acceptors (Lipinski definition) is 2. The molecular weight excluding hydrogens is 218 g/mol. The zero-order valence-electron chi connectivity index (χ0n) is 11.0. The summed E-state index contributed by atoms with van der Waals surface area (Å²) in [5, 5.41) is 3.44. The molecule has 2 unspecified atom stereocenters. The molecule has 0 aromatic rings. The topological polar surface area (TPSA) is 27.6 Å². The minimum Gasteiger partial charge on any atom is -0.355 e. The zero-order chi connectivity index (χ0) is 12.0. The average Bonchev–Trinajstić information content (AvgIpc) is 2.23. The van der Waals surface area contributed by atoms with E-state index in [9.17, 15) is 0 Å². The molecule has 0 radical (unpaired) electrons. The van der Waals surface area contributed by atoms with Crippen LogP contribution in [-0.4, -0.2) is 49.6 Å². The Morgan fingerprint density at radius 1 is 1.38 bits per heavy atom. The quantitative estimate of drug-likeness (QED) is 0.466. The maximum absolute atomic E-state index is 4.37. The molecule has 94 valence electrons. The molecule has 0 saturated carbocycles. The molecular formula is C12H25N3S. The van der Waals surface area contributed by atoms with Crippen LogP contribution in [0.2, 0.25) is 0 Å². The highest BCUT2D eigenvalue weighted by atomic mass is 32.2. The summed E-state index contributed by atoms with van der Waals surface area (Å²) in [5.74, 6) is 3.77. The van der Waals surface area contributed by atoms with Gasteiger partial charge in [-0.2, -0.15) is 11.8 Å². The number of hydrogen-bond donors (Lipinski definition) is 1. The molecule has 0 aromatic carbocycles. The maximum atomic E-state index is 4.37. The predicted molar refractivity (Wildman–Crippen MR) is 74.3 cm³/mol. The molecule has 1 heterocycles. The van der Waals surface area contributed by atoms with Crippen LogP contribution >= 0.6 is 11.8 Å². The van der Waals surface area contributed by atoms with E-state index in [1.165, 1.54) is 6.42 Å². The third-order valence-electron chi connectivity index (χ3n) is 2.97. The Bertz CT molecular complexity index is 220. The molecule has 1 rings (SSSR count). The fourth-order valence-corrected chi connectivity index (χ4v) is 2.74. The van der Waals surface area contributed by atoms with Crippen LogP contribution in [0.5, 0.6) is 0 Å². The van der Waals surface area contributed by atoms with Crippen molar-refractivity contribution in [3.05, 3.63) is 0 Å². The molecule has 3 nitrogen and oxygen atoms in total. The molecule has 0 spiro atoms. The first-order valence-electron chi connectivity index (χ1n) is 6.12. The summed E-state index contributed by atoms with van der Waals surface area (Å²) in [6, 6.07) is 0. The van der Waals surface area contributed by atoms with Crippen molar-refractivity contribution in [3.8, 4) is 0 Å². The van der Waals surface area contributed by atoms with Crippen molar-refractivity contribution in [2.45, 2.75) is 20.3 Å². The van der Waals surface area contributed by atoms with Gasteiger partial charge in [0.1, 0.15) is 0 Å². The standard InChI is InChI=1S/C12H25N3S/c1-10-7-11(2)9-15(8-10)12(13-3)14-5-6-16-4/h10-11H,5-9H2,1-4H3,(H,13,14). The van der Waals surface area contributed by atoms with Gasteiger partial charge < -0.3 is 10.2 Å². The van der Waals surface area contributed by atoms with Crippen molar-refractivity contribution in [1.29, 1.82) is 0 Å². The number of aliphatic imine (C=N–C) groups is 1. The number of nitrogens with zero attached hydrogens (tertiary/aromatic N) is 2. The molecule has 4 heteroatoms. The van der Waals surface area contributed by atoms with Gasteiger partial charge in [0.15, 0.2) is 5.96 Å². The highest BCUT2D eigenvalue weighted by Crippen LogP contribution is 2.20. The van der Waals surface area contributed by atoms with Crippen LogP contribution in [0.1, 0.15) is 20.3 Å². The highest BCUT2D eigenvalue weighted by molar-refractivity contribution is 7.98. The fraction of sp³-hybridized carbons (Fsp3) is 0.917. The first-order chi connectivity index (χ1) is 7.67. The van der Waals surface area contributed by atoms with E-state index in [0.717, 1.165) is 43.2 Å². The Hall–Kier alpha value is -0.380. The van der Waals surface area contributed by atoms with E-state index in [2.05, 4.69) is 35.3 Å². The number of thioether (sulfide) groups is 1. The van der Waals surface area contributed by atoms with E-state index < -0.39 is 0 Å². The first-order valence-corrected chi connectivity index (χ1v) is 7.51. The highest BCUT2D eigenvalue weighted by Gasteiger charge is 2.23. The second kappa shape index (κ2) is 7.05. The van der Waals surface area contributed by atoms with E-state index >= 15 is 0 Å². The minimum absolute atomic E-state index is 0.780. The van der Waals surface area contributed by atoms with Crippen LogP contribution in [0.4, 0.5) is 0 Å². The molecule has 2 atom stereocenters. The number of piperidine rings is 1. The minimum atomic E-state index is 0.780. The van der Waals surface area contributed by atoms with Gasteiger partial charge in [-0.3, -0.25) is 4.99 Å². The Labute approximate surface area is 104 Å². The third kappa shape index (κ3) is 4.24. The smallest absolute Gasteiger partial charge is 0.193 e. The van der Waals surface area contributed by atoms with E-state index in [1.807, 2.05) is 18.8 Å². The zero-order valence-corrected chi connectivity index (χ0v) is 11.8. The van der Waals surface area contributed by atoms with Gasteiger partial charge in [0.2, 0.25) is 0 Å². The van der Waals surface area contributed by atoms with Crippen molar-refractivity contribution in [1.82, 2.24) is 10.2 Å². The van der Waals surface area contributed by atoms with Gasteiger partial charge in [0, 0.05) is 32.4 Å². The summed E-state index contributed by atoms with van der Waals surface area (Å²) in [6.07, 6.45) is 3.48. The Morgan fingerprint density at radius 3 is 2.50 bits per heavy atom. The molecule has 1 saturated heterocycles. The summed E-state index contributed by atoms with van der Waals surface area (Å²) in [7, 11) is 1.88. The lowest BCUT2D eigenvalue weighted by molar-refractivity contribution is 0.209. The van der Waals surface area contributed by atoms with Crippen LogP contribution in [0.15, 0.2) is 4.99 Å².